The van der Waals surface area contributed by atoms with Gasteiger partial charge in [0.25, 0.3) is 0 Å². The first-order valence-corrected chi connectivity index (χ1v) is 5.51. The maximum absolute atomic E-state index is 5.68. The molecule has 0 atom stereocenters. The summed E-state index contributed by atoms with van der Waals surface area (Å²) in [6.07, 6.45) is 1.64. The van der Waals surface area contributed by atoms with Crippen molar-refractivity contribution in [3.8, 4) is 17.4 Å². The number of methoxy groups -OCH3 is 1. The molecule has 3 nitrogen and oxygen atoms in total. The topological polar surface area (TPSA) is 31.4 Å². The van der Waals surface area contributed by atoms with Crippen LogP contribution < -0.4 is 9.47 Å². The Bertz CT molecular complexity index is 488. The number of halogens is 1. The molecule has 16 heavy (non-hydrogen) atoms. The summed E-state index contributed by atoms with van der Waals surface area (Å²) in [5.74, 6) is 1.99. The molecule has 0 radical (unpaired) electrons. The standard InChI is InChI=1S/C12H10BrNO2/c1-15-12-8-9(6-7-14-12)16-11-5-3-2-4-10(11)13/h2-8H,1H3. The van der Waals surface area contributed by atoms with Crippen molar-refractivity contribution in [3.05, 3.63) is 47.1 Å². The SMILES string of the molecule is COc1cc(Oc2ccccc2Br)ccn1. The third-order valence-electron chi connectivity index (χ3n) is 1.98. The van der Waals surface area contributed by atoms with E-state index in [0.29, 0.717) is 11.6 Å². The van der Waals surface area contributed by atoms with Crippen LogP contribution in [0.4, 0.5) is 0 Å². The highest BCUT2D eigenvalue weighted by Gasteiger charge is 2.02. The van der Waals surface area contributed by atoms with Crippen LogP contribution in [0.5, 0.6) is 17.4 Å². The second-order valence-electron chi connectivity index (χ2n) is 3.07. The van der Waals surface area contributed by atoms with Gasteiger partial charge in [-0.2, -0.15) is 0 Å². The summed E-state index contributed by atoms with van der Waals surface area (Å²) in [4.78, 5) is 4.01. The molecule has 1 aromatic heterocycles. The van der Waals surface area contributed by atoms with E-state index in [9.17, 15) is 0 Å². The molecule has 0 aliphatic heterocycles. The first kappa shape index (κ1) is 11.0. The molecule has 0 aliphatic rings. The summed E-state index contributed by atoms with van der Waals surface area (Å²) in [5.41, 5.74) is 0. The lowest BCUT2D eigenvalue weighted by Gasteiger charge is -2.07. The van der Waals surface area contributed by atoms with E-state index in [1.165, 1.54) is 0 Å². The van der Waals surface area contributed by atoms with E-state index in [1.807, 2.05) is 24.3 Å². The van der Waals surface area contributed by atoms with Crippen molar-refractivity contribution in [3.63, 3.8) is 0 Å². The third kappa shape index (κ3) is 2.52. The van der Waals surface area contributed by atoms with Gasteiger partial charge in [-0.15, -0.1) is 0 Å². The van der Waals surface area contributed by atoms with E-state index in [1.54, 1.807) is 25.4 Å². The van der Waals surface area contributed by atoms with Crippen LogP contribution in [0, 0.1) is 0 Å². The van der Waals surface area contributed by atoms with Gasteiger partial charge in [-0.1, -0.05) is 12.1 Å². The molecule has 0 spiro atoms. The van der Waals surface area contributed by atoms with Crippen LogP contribution in [0.25, 0.3) is 0 Å². The van der Waals surface area contributed by atoms with E-state index in [2.05, 4.69) is 20.9 Å². The Kier molecular flexibility index (Phi) is 3.41. The van der Waals surface area contributed by atoms with Crippen LogP contribution >= 0.6 is 15.9 Å². The van der Waals surface area contributed by atoms with E-state index in [0.717, 1.165) is 10.2 Å². The molecule has 0 unspecified atom stereocenters. The van der Waals surface area contributed by atoms with Gasteiger partial charge in [0.05, 0.1) is 11.6 Å². The Morgan fingerprint density at radius 1 is 1.19 bits per heavy atom. The zero-order valence-corrected chi connectivity index (χ0v) is 10.3. The highest BCUT2D eigenvalue weighted by atomic mass is 79.9. The monoisotopic (exact) mass is 279 g/mol. The van der Waals surface area contributed by atoms with Crippen molar-refractivity contribution in [2.75, 3.05) is 7.11 Å². The summed E-state index contributed by atoms with van der Waals surface area (Å²) in [6.45, 7) is 0. The maximum Gasteiger partial charge on any atom is 0.216 e. The van der Waals surface area contributed by atoms with E-state index in [4.69, 9.17) is 9.47 Å². The van der Waals surface area contributed by atoms with E-state index < -0.39 is 0 Å². The predicted molar refractivity (Wildman–Crippen MR) is 65.0 cm³/mol. The lowest BCUT2D eigenvalue weighted by atomic mass is 10.3. The first-order chi connectivity index (χ1) is 7.79. The Labute approximate surface area is 102 Å². The molecule has 0 fully saturated rings. The number of ether oxygens (including phenoxy) is 2. The Morgan fingerprint density at radius 2 is 2.00 bits per heavy atom. The normalized spacial score (nSPS) is 9.88. The lowest BCUT2D eigenvalue weighted by Crippen LogP contribution is -1.89. The second kappa shape index (κ2) is 4.99. The van der Waals surface area contributed by atoms with Gasteiger partial charge in [0.1, 0.15) is 11.5 Å². The first-order valence-electron chi connectivity index (χ1n) is 4.72. The Morgan fingerprint density at radius 3 is 2.75 bits per heavy atom. The molecule has 0 N–H and O–H groups in total. The van der Waals surface area contributed by atoms with Crippen LogP contribution in [-0.2, 0) is 0 Å². The Hall–Kier alpha value is -1.55. The number of nitrogens with zero attached hydrogens (tertiary/aromatic N) is 1. The second-order valence-corrected chi connectivity index (χ2v) is 3.92. The number of rotatable bonds is 3. The summed E-state index contributed by atoms with van der Waals surface area (Å²) >= 11 is 3.42. The summed E-state index contributed by atoms with van der Waals surface area (Å²) in [6, 6.07) is 11.2. The molecule has 1 aromatic carbocycles. The van der Waals surface area contributed by atoms with Crippen LogP contribution in [0.1, 0.15) is 0 Å². The summed E-state index contributed by atoms with van der Waals surface area (Å²) in [5, 5.41) is 0. The number of hydrogen-bond acceptors (Lipinski definition) is 3. The van der Waals surface area contributed by atoms with Gasteiger partial charge in [-0.3, -0.25) is 0 Å². The van der Waals surface area contributed by atoms with Crippen LogP contribution in [0.15, 0.2) is 47.1 Å². The average molecular weight is 280 g/mol. The largest absolute Gasteiger partial charge is 0.481 e. The average Bonchev–Trinajstić information content (AvgIpc) is 2.32. The maximum atomic E-state index is 5.68. The molecule has 2 aromatic rings. The molecular formula is C12H10BrNO2. The zero-order valence-electron chi connectivity index (χ0n) is 8.68. The van der Waals surface area contributed by atoms with Gasteiger partial charge in [0.15, 0.2) is 0 Å². The summed E-state index contributed by atoms with van der Waals surface area (Å²) < 4.78 is 11.6. The fraction of sp³-hybridized carbons (Fsp3) is 0.0833. The highest BCUT2D eigenvalue weighted by Crippen LogP contribution is 2.29. The van der Waals surface area contributed by atoms with Gasteiger partial charge in [-0.25, -0.2) is 4.98 Å². The fourth-order valence-electron chi connectivity index (χ4n) is 1.22. The minimum atomic E-state index is 0.532. The minimum Gasteiger partial charge on any atom is -0.481 e. The molecule has 0 saturated heterocycles. The number of benzene rings is 1. The number of para-hydroxylation sites is 1. The van der Waals surface area contributed by atoms with E-state index >= 15 is 0 Å². The van der Waals surface area contributed by atoms with Crippen molar-refractivity contribution in [2.45, 2.75) is 0 Å². The lowest BCUT2D eigenvalue weighted by molar-refractivity contribution is 0.392. The van der Waals surface area contributed by atoms with Crippen LogP contribution in [0.2, 0.25) is 0 Å². The minimum absolute atomic E-state index is 0.532. The molecule has 4 heteroatoms. The Balaban J connectivity index is 2.24. The van der Waals surface area contributed by atoms with Crippen molar-refractivity contribution in [1.82, 2.24) is 4.98 Å². The zero-order chi connectivity index (χ0) is 11.4. The number of aromatic nitrogens is 1. The van der Waals surface area contributed by atoms with Crippen LogP contribution in [-0.4, -0.2) is 12.1 Å². The molecule has 0 bridgehead atoms. The molecular weight excluding hydrogens is 270 g/mol. The number of pyridine rings is 1. The fourth-order valence-corrected chi connectivity index (χ4v) is 1.59. The van der Waals surface area contributed by atoms with Gasteiger partial charge in [0.2, 0.25) is 5.88 Å². The van der Waals surface area contributed by atoms with Gasteiger partial charge < -0.3 is 9.47 Å². The molecule has 0 saturated carbocycles. The third-order valence-corrected chi connectivity index (χ3v) is 2.64. The molecule has 2 rings (SSSR count). The van der Waals surface area contributed by atoms with Gasteiger partial charge in [-0.05, 0) is 34.1 Å². The summed E-state index contributed by atoms with van der Waals surface area (Å²) in [7, 11) is 1.57. The number of hydrogen-bond donors (Lipinski definition) is 0. The molecule has 0 amide bonds. The van der Waals surface area contributed by atoms with Gasteiger partial charge >= 0.3 is 0 Å². The van der Waals surface area contributed by atoms with Crippen molar-refractivity contribution in [1.29, 1.82) is 0 Å². The van der Waals surface area contributed by atoms with Crippen molar-refractivity contribution < 1.29 is 9.47 Å². The van der Waals surface area contributed by atoms with Crippen LogP contribution in [0.3, 0.4) is 0 Å². The van der Waals surface area contributed by atoms with Crippen molar-refractivity contribution in [2.24, 2.45) is 0 Å². The van der Waals surface area contributed by atoms with Gasteiger partial charge in [0, 0.05) is 12.3 Å². The smallest absolute Gasteiger partial charge is 0.216 e. The van der Waals surface area contributed by atoms with Crippen molar-refractivity contribution >= 4 is 15.9 Å². The molecule has 82 valence electrons. The molecule has 0 aliphatic carbocycles. The van der Waals surface area contributed by atoms with E-state index in [-0.39, 0.29) is 0 Å². The predicted octanol–water partition coefficient (Wildman–Crippen LogP) is 3.65. The molecule has 1 heterocycles. The highest BCUT2D eigenvalue weighted by molar-refractivity contribution is 9.10. The quantitative estimate of drug-likeness (QED) is 0.860.